The molecule has 0 fully saturated rings. The minimum atomic E-state index is -0.890. The zero-order valence-electron chi connectivity index (χ0n) is 19.4. The Balaban J connectivity index is 2.32. The van der Waals surface area contributed by atoms with Gasteiger partial charge in [0.1, 0.15) is 17.9 Å². The molecule has 0 aromatic heterocycles. The van der Waals surface area contributed by atoms with E-state index >= 15 is 0 Å². The predicted octanol–water partition coefficient (Wildman–Crippen LogP) is 3.67. The molecule has 0 atom stereocenters. The lowest BCUT2D eigenvalue weighted by Crippen LogP contribution is -2.14. The number of hydrogen-bond acceptors (Lipinski definition) is 8. The van der Waals surface area contributed by atoms with Crippen LogP contribution in [0.2, 0.25) is 0 Å². The van der Waals surface area contributed by atoms with Crippen LogP contribution in [0.25, 0.3) is 0 Å². The summed E-state index contributed by atoms with van der Waals surface area (Å²) in [4.78, 5) is 47.1. The number of allylic oxidation sites excluding steroid dienone is 2. The fourth-order valence-electron chi connectivity index (χ4n) is 3.61. The Hall–Kier alpha value is -3.36. The normalized spacial score (nSPS) is 12.7. The van der Waals surface area contributed by atoms with Crippen LogP contribution in [0.4, 0.5) is 0 Å². The van der Waals surface area contributed by atoms with E-state index in [9.17, 15) is 19.2 Å². The average Bonchev–Trinajstić information content (AvgIpc) is 3.17. The Labute approximate surface area is 192 Å². The summed E-state index contributed by atoms with van der Waals surface area (Å²) in [7, 11) is 2.80. The zero-order chi connectivity index (χ0) is 24.5. The molecule has 2 rings (SSSR count). The number of ether oxygens (including phenoxy) is 4. The summed E-state index contributed by atoms with van der Waals surface area (Å²) in [5.74, 6) is -1.76. The summed E-state index contributed by atoms with van der Waals surface area (Å²) in [5.41, 5.74) is 2.91. The zero-order valence-corrected chi connectivity index (χ0v) is 19.4. The summed E-state index contributed by atoms with van der Waals surface area (Å²) < 4.78 is 21.0. The summed E-state index contributed by atoms with van der Waals surface area (Å²) >= 11 is 0. The van der Waals surface area contributed by atoms with Crippen molar-refractivity contribution in [3.63, 3.8) is 0 Å². The number of aliphatic carboxylic acids is 1. The predicted molar refractivity (Wildman–Crippen MR) is 117 cm³/mol. The number of fused-ring (bicyclic) bond motifs is 1. The van der Waals surface area contributed by atoms with Gasteiger partial charge < -0.3 is 24.1 Å². The monoisotopic (exact) mass is 462 g/mol. The fraction of sp³-hybridized carbons (Fsp3) is 0.500. The Kier molecular flexibility index (Phi) is 9.44. The number of methoxy groups -OCH3 is 2. The van der Waals surface area contributed by atoms with Gasteiger partial charge in [-0.15, -0.1) is 0 Å². The van der Waals surface area contributed by atoms with E-state index < -0.39 is 17.9 Å². The number of unbranched alkanes of at least 4 members (excludes halogenated alkanes) is 1. The van der Waals surface area contributed by atoms with Gasteiger partial charge in [-0.25, -0.2) is 4.79 Å². The third-order valence-corrected chi connectivity index (χ3v) is 5.47. The Morgan fingerprint density at radius 1 is 1.03 bits per heavy atom. The molecule has 1 aliphatic rings. The second-order valence-corrected chi connectivity index (χ2v) is 7.80. The van der Waals surface area contributed by atoms with Crippen molar-refractivity contribution in [2.45, 2.75) is 65.4 Å². The smallest absolute Gasteiger partial charge is 0.342 e. The second-order valence-electron chi connectivity index (χ2n) is 7.80. The van der Waals surface area contributed by atoms with E-state index in [4.69, 9.17) is 19.3 Å². The summed E-state index contributed by atoms with van der Waals surface area (Å²) in [6.07, 6.45) is 3.65. The minimum absolute atomic E-state index is 0.00241. The highest BCUT2D eigenvalue weighted by Crippen LogP contribution is 2.43. The first kappa shape index (κ1) is 25.9. The highest BCUT2D eigenvalue weighted by Gasteiger charge is 2.34. The van der Waals surface area contributed by atoms with E-state index in [0.29, 0.717) is 36.1 Å². The Morgan fingerprint density at radius 2 is 1.70 bits per heavy atom. The van der Waals surface area contributed by atoms with Crippen LogP contribution < -0.4 is 9.47 Å². The maximum Gasteiger partial charge on any atom is 0.342 e. The molecule has 1 aromatic rings. The van der Waals surface area contributed by atoms with E-state index in [1.54, 1.807) is 0 Å². The van der Waals surface area contributed by atoms with Gasteiger partial charge >= 0.3 is 23.9 Å². The highest BCUT2D eigenvalue weighted by atomic mass is 16.6. The van der Waals surface area contributed by atoms with Crippen LogP contribution in [0.3, 0.4) is 0 Å². The number of hydrogen-bond donors (Lipinski definition) is 1. The Bertz CT molecular complexity index is 959. The number of esters is 3. The maximum atomic E-state index is 12.6. The van der Waals surface area contributed by atoms with Crippen molar-refractivity contribution in [3.8, 4) is 11.5 Å². The number of carbonyl (C=O) groups is 4. The highest BCUT2D eigenvalue weighted by molar-refractivity contribution is 5.99. The molecule has 0 bridgehead atoms. The molecule has 0 saturated heterocycles. The fourth-order valence-corrected chi connectivity index (χ4v) is 3.61. The summed E-state index contributed by atoms with van der Waals surface area (Å²) in [5, 5.41) is 8.90. The Morgan fingerprint density at radius 3 is 2.30 bits per heavy atom. The molecule has 33 heavy (non-hydrogen) atoms. The van der Waals surface area contributed by atoms with Gasteiger partial charge in [-0.1, -0.05) is 11.6 Å². The number of carboxylic acids is 1. The van der Waals surface area contributed by atoms with Crippen molar-refractivity contribution in [2.75, 3.05) is 14.2 Å². The minimum Gasteiger partial charge on any atom is -0.496 e. The van der Waals surface area contributed by atoms with E-state index in [2.05, 4.69) is 4.74 Å². The molecule has 0 unspecified atom stereocenters. The van der Waals surface area contributed by atoms with Crippen molar-refractivity contribution < 1.29 is 43.2 Å². The van der Waals surface area contributed by atoms with Gasteiger partial charge in [0.2, 0.25) is 0 Å². The largest absolute Gasteiger partial charge is 0.496 e. The van der Waals surface area contributed by atoms with Crippen LogP contribution in [0.1, 0.15) is 72.5 Å². The van der Waals surface area contributed by atoms with Crippen LogP contribution >= 0.6 is 0 Å². The number of benzene rings is 1. The van der Waals surface area contributed by atoms with Gasteiger partial charge in [0.25, 0.3) is 0 Å². The van der Waals surface area contributed by atoms with Crippen molar-refractivity contribution in [1.29, 1.82) is 0 Å². The first-order chi connectivity index (χ1) is 15.7. The summed E-state index contributed by atoms with van der Waals surface area (Å²) in [6.45, 7) is 3.69. The standard InChI is InChI=1S/C24H30O9/c1-14(10-12-18(25)26)9-11-16-22(31-4)15(2)17-13-32-24(29)21(17)23(16)33-20(28)8-6-5-7-19(27)30-3/h9H,5-8,10-13H2,1-4H3,(H,25,26). The van der Waals surface area contributed by atoms with Crippen LogP contribution in [0.5, 0.6) is 11.5 Å². The molecule has 9 heteroatoms. The molecule has 9 nitrogen and oxygen atoms in total. The molecule has 1 N–H and O–H groups in total. The van der Waals surface area contributed by atoms with Crippen molar-refractivity contribution in [3.05, 3.63) is 33.9 Å². The van der Waals surface area contributed by atoms with Crippen molar-refractivity contribution in [2.24, 2.45) is 0 Å². The van der Waals surface area contributed by atoms with E-state index in [1.807, 2.05) is 19.9 Å². The quantitative estimate of drug-likeness (QED) is 0.214. The van der Waals surface area contributed by atoms with Crippen LogP contribution in [-0.4, -0.2) is 43.2 Å². The molecule has 0 radical (unpaired) electrons. The van der Waals surface area contributed by atoms with E-state index in [1.165, 1.54) is 14.2 Å². The van der Waals surface area contributed by atoms with E-state index in [-0.39, 0.29) is 49.6 Å². The lowest BCUT2D eigenvalue weighted by Gasteiger charge is -2.19. The lowest BCUT2D eigenvalue weighted by molar-refractivity contribution is -0.141. The summed E-state index contributed by atoms with van der Waals surface area (Å²) in [6, 6.07) is 0. The molecule has 0 amide bonds. The number of carbonyl (C=O) groups excluding carboxylic acids is 3. The van der Waals surface area contributed by atoms with Gasteiger partial charge in [0.05, 0.1) is 14.2 Å². The number of carboxylic acid groups (broad SMARTS) is 1. The maximum absolute atomic E-state index is 12.6. The molecular formula is C24H30O9. The lowest BCUT2D eigenvalue weighted by atomic mass is 9.94. The molecule has 0 aliphatic carbocycles. The van der Waals surface area contributed by atoms with Gasteiger partial charge in [-0.3, -0.25) is 14.4 Å². The van der Waals surface area contributed by atoms with Crippen LogP contribution in [0, 0.1) is 6.92 Å². The van der Waals surface area contributed by atoms with E-state index in [0.717, 1.165) is 11.1 Å². The van der Waals surface area contributed by atoms with Crippen molar-refractivity contribution >= 4 is 23.9 Å². The first-order valence-electron chi connectivity index (χ1n) is 10.7. The third kappa shape index (κ3) is 6.81. The second kappa shape index (κ2) is 12.0. The van der Waals surface area contributed by atoms with Crippen molar-refractivity contribution in [1.82, 2.24) is 0 Å². The van der Waals surface area contributed by atoms with Crippen LogP contribution in [0.15, 0.2) is 11.6 Å². The third-order valence-electron chi connectivity index (χ3n) is 5.47. The van der Waals surface area contributed by atoms with Gasteiger partial charge in [0, 0.05) is 30.4 Å². The molecule has 0 spiro atoms. The SMILES string of the molecule is COC(=O)CCCCC(=O)Oc1c(CC=C(C)CCC(=O)O)c(OC)c(C)c2c1C(=O)OC2. The molecular weight excluding hydrogens is 432 g/mol. The molecule has 0 saturated carbocycles. The number of cyclic esters (lactones) is 1. The van der Waals surface area contributed by atoms with Crippen LogP contribution in [-0.2, 0) is 36.9 Å². The van der Waals surface area contributed by atoms with Gasteiger partial charge in [0.15, 0.2) is 5.75 Å². The molecule has 1 heterocycles. The molecule has 180 valence electrons. The average molecular weight is 462 g/mol. The number of rotatable bonds is 12. The first-order valence-corrected chi connectivity index (χ1v) is 10.7. The topological polar surface area (TPSA) is 125 Å². The van der Waals surface area contributed by atoms with Gasteiger partial charge in [-0.05, 0) is 45.1 Å². The molecule has 1 aromatic carbocycles. The molecule has 1 aliphatic heterocycles. The van der Waals surface area contributed by atoms with Gasteiger partial charge in [-0.2, -0.15) is 0 Å².